The fourth-order valence-corrected chi connectivity index (χ4v) is 6.25. The van der Waals surface area contributed by atoms with Crippen molar-refractivity contribution in [3.8, 4) is 5.75 Å². The topological polar surface area (TPSA) is 61.7 Å². The van der Waals surface area contributed by atoms with Crippen molar-refractivity contribution >= 4 is 23.4 Å². The maximum Gasteiger partial charge on any atom is 0.240 e. The molecule has 1 aliphatic rings. The van der Waals surface area contributed by atoms with Crippen molar-refractivity contribution in [2.45, 2.75) is 69.3 Å². The van der Waals surface area contributed by atoms with Crippen LogP contribution in [0.4, 0.5) is 0 Å². The van der Waals surface area contributed by atoms with E-state index >= 15 is 0 Å². The quantitative estimate of drug-likeness (QED) is 0.346. The van der Waals surface area contributed by atoms with Crippen molar-refractivity contribution in [3.05, 3.63) is 101 Å². The first kappa shape index (κ1) is 26.0. The van der Waals surface area contributed by atoms with Crippen LogP contribution in [-0.4, -0.2) is 16.7 Å². The second-order valence-electron chi connectivity index (χ2n) is 10.6. The number of phenolic OH excluding ortho intramolecular Hbond substituents is 1. The summed E-state index contributed by atoms with van der Waals surface area (Å²) in [6, 6.07) is 25.1. The number of carbonyl (C=O) groups excluding carboxylic acids is 1. The molecule has 0 aromatic heterocycles. The summed E-state index contributed by atoms with van der Waals surface area (Å²) in [4.78, 5) is 12.7. The number of rotatable bonds is 6. The Balaban J connectivity index is 1.44. The third-order valence-corrected chi connectivity index (χ3v) is 8.20. The molecule has 188 valence electrons. The van der Waals surface area contributed by atoms with Crippen molar-refractivity contribution in [3.63, 3.8) is 0 Å². The number of aromatic hydroxyl groups is 1. The number of hydrazone groups is 1. The number of benzene rings is 3. The molecule has 2 unspecified atom stereocenters. The maximum absolute atomic E-state index is 12.7. The van der Waals surface area contributed by atoms with Crippen LogP contribution in [0.1, 0.15) is 78.4 Å². The molecule has 4 nitrogen and oxygen atoms in total. The largest absolute Gasteiger partial charge is 0.507 e. The predicted molar refractivity (Wildman–Crippen MR) is 151 cm³/mol. The minimum absolute atomic E-state index is 0.0868. The summed E-state index contributed by atoms with van der Waals surface area (Å²) >= 11 is 1.97. The van der Waals surface area contributed by atoms with Gasteiger partial charge in [0.25, 0.3) is 0 Å². The van der Waals surface area contributed by atoms with Crippen LogP contribution in [0, 0.1) is 6.92 Å². The molecule has 2 N–H and O–H groups in total. The molecular weight excluding hydrogens is 464 g/mol. The van der Waals surface area contributed by atoms with E-state index in [1.54, 1.807) is 0 Å². The molecule has 1 aliphatic heterocycles. The Morgan fingerprint density at radius 1 is 0.972 bits per heavy atom. The zero-order valence-electron chi connectivity index (χ0n) is 21.6. The monoisotopic (exact) mass is 500 g/mol. The van der Waals surface area contributed by atoms with E-state index in [0.29, 0.717) is 29.1 Å². The van der Waals surface area contributed by atoms with Gasteiger partial charge in [-0.05, 0) is 46.6 Å². The van der Waals surface area contributed by atoms with E-state index in [9.17, 15) is 9.90 Å². The Kier molecular flexibility index (Phi) is 8.20. The van der Waals surface area contributed by atoms with Crippen LogP contribution >= 0.6 is 11.8 Å². The molecule has 1 amide bonds. The number of aryl methyl sites for hydroxylation is 2. The van der Waals surface area contributed by atoms with Gasteiger partial charge in [0.15, 0.2) is 0 Å². The highest BCUT2D eigenvalue weighted by Gasteiger charge is 2.29. The van der Waals surface area contributed by atoms with Crippen molar-refractivity contribution in [2.24, 2.45) is 5.10 Å². The molecule has 1 saturated heterocycles. The van der Waals surface area contributed by atoms with Gasteiger partial charge in [0, 0.05) is 35.5 Å². The van der Waals surface area contributed by atoms with E-state index in [0.717, 1.165) is 35.2 Å². The van der Waals surface area contributed by atoms with Crippen LogP contribution in [0.5, 0.6) is 5.75 Å². The standard InChI is InChI=1S/C31H36N2O2S/c1-21-17-22(18-26(30(21)35)31(2,3)4)15-16-29(34)33-32-25-19-27(23-11-7-5-8-12-23)36-28(20-25)24-13-9-6-10-14-24/h5-14,17-18,27-28,35H,15-16,19-20H2,1-4H3,(H,33,34). The highest BCUT2D eigenvalue weighted by molar-refractivity contribution is 7.99. The first-order valence-electron chi connectivity index (χ1n) is 12.6. The number of nitrogens with one attached hydrogen (secondary N) is 1. The second kappa shape index (κ2) is 11.3. The number of thioether (sulfide) groups is 1. The lowest BCUT2D eigenvalue weighted by Gasteiger charge is -2.30. The lowest BCUT2D eigenvalue weighted by atomic mass is 9.83. The lowest BCUT2D eigenvalue weighted by Crippen LogP contribution is -2.23. The third kappa shape index (κ3) is 6.58. The first-order chi connectivity index (χ1) is 17.2. The Labute approximate surface area is 219 Å². The van der Waals surface area contributed by atoms with Crippen LogP contribution in [0.2, 0.25) is 0 Å². The summed E-state index contributed by atoms with van der Waals surface area (Å²) in [5.41, 5.74) is 9.09. The van der Waals surface area contributed by atoms with Crippen LogP contribution in [0.15, 0.2) is 77.9 Å². The summed E-state index contributed by atoms with van der Waals surface area (Å²) in [6.07, 6.45) is 2.61. The molecule has 0 spiro atoms. The minimum Gasteiger partial charge on any atom is -0.507 e. The van der Waals surface area contributed by atoms with E-state index in [1.807, 2.05) is 43.0 Å². The Morgan fingerprint density at radius 2 is 1.53 bits per heavy atom. The van der Waals surface area contributed by atoms with Crippen molar-refractivity contribution in [1.29, 1.82) is 0 Å². The van der Waals surface area contributed by atoms with E-state index < -0.39 is 0 Å². The van der Waals surface area contributed by atoms with Crippen LogP contribution in [-0.2, 0) is 16.6 Å². The lowest BCUT2D eigenvalue weighted by molar-refractivity contribution is -0.121. The number of hydrogen-bond acceptors (Lipinski definition) is 4. The SMILES string of the molecule is Cc1cc(CCC(=O)NN=C2CC(c3ccccc3)SC(c3ccccc3)C2)cc(C(C)(C)C)c1O. The normalized spacial score (nSPS) is 18.1. The number of phenols is 1. The van der Waals surface area contributed by atoms with Crippen LogP contribution in [0.25, 0.3) is 0 Å². The molecule has 3 aromatic rings. The van der Waals surface area contributed by atoms with E-state index in [1.165, 1.54) is 11.1 Å². The van der Waals surface area contributed by atoms with Crippen LogP contribution in [0.3, 0.4) is 0 Å². The highest BCUT2D eigenvalue weighted by atomic mass is 32.2. The highest BCUT2D eigenvalue weighted by Crippen LogP contribution is 2.49. The molecule has 5 heteroatoms. The smallest absolute Gasteiger partial charge is 0.240 e. The van der Waals surface area contributed by atoms with Gasteiger partial charge in [0.2, 0.25) is 5.91 Å². The fraction of sp³-hybridized carbons (Fsp3) is 0.355. The number of hydrogen-bond donors (Lipinski definition) is 2. The second-order valence-corrected chi connectivity index (χ2v) is 12.0. The molecule has 1 fully saturated rings. The summed E-state index contributed by atoms with van der Waals surface area (Å²) in [5.74, 6) is 0.259. The molecule has 3 aromatic carbocycles. The Morgan fingerprint density at radius 3 is 2.06 bits per heavy atom. The first-order valence-corrected chi connectivity index (χ1v) is 13.6. The molecule has 36 heavy (non-hydrogen) atoms. The van der Waals surface area contributed by atoms with Crippen molar-refractivity contribution in [2.75, 3.05) is 0 Å². The summed E-state index contributed by atoms with van der Waals surface area (Å²) in [7, 11) is 0. The molecular formula is C31H36N2O2S. The molecule has 0 bridgehead atoms. The third-order valence-electron chi connectivity index (χ3n) is 6.66. The molecule has 4 rings (SSSR count). The molecule has 0 aliphatic carbocycles. The van der Waals surface area contributed by atoms with E-state index in [2.05, 4.69) is 79.8 Å². The zero-order chi connectivity index (χ0) is 25.7. The molecule has 0 saturated carbocycles. The number of amides is 1. The van der Waals surface area contributed by atoms with Gasteiger partial charge < -0.3 is 5.11 Å². The van der Waals surface area contributed by atoms with Gasteiger partial charge in [-0.1, -0.05) is 93.6 Å². The van der Waals surface area contributed by atoms with Gasteiger partial charge in [-0.15, -0.1) is 11.8 Å². The van der Waals surface area contributed by atoms with Crippen molar-refractivity contribution < 1.29 is 9.90 Å². The summed E-state index contributed by atoms with van der Waals surface area (Å²) in [5, 5.41) is 15.7. The Bertz CT molecular complexity index is 1170. The summed E-state index contributed by atoms with van der Waals surface area (Å²) < 4.78 is 0. The van der Waals surface area contributed by atoms with Crippen LogP contribution < -0.4 is 5.43 Å². The van der Waals surface area contributed by atoms with Gasteiger partial charge in [-0.3, -0.25) is 4.79 Å². The summed E-state index contributed by atoms with van der Waals surface area (Å²) in [6.45, 7) is 8.17. The van der Waals surface area contributed by atoms with Crippen molar-refractivity contribution in [1.82, 2.24) is 5.43 Å². The zero-order valence-corrected chi connectivity index (χ0v) is 22.4. The maximum atomic E-state index is 12.7. The average molecular weight is 501 g/mol. The Hall–Kier alpha value is -3.05. The van der Waals surface area contributed by atoms with E-state index in [4.69, 9.17) is 0 Å². The van der Waals surface area contributed by atoms with Gasteiger partial charge in [0.1, 0.15) is 5.75 Å². The molecule has 2 atom stereocenters. The number of carbonyl (C=O) groups is 1. The fourth-order valence-electron chi connectivity index (χ4n) is 4.65. The van der Waals surface area contributed by atoms with Gasteiger partial charge in [-0.2, -0.15) is 5.10 Å². The molecule has 1 heterocycles. The van der Waals surface area contributed by atoms with Gasteiger partial charge in [-0.25, -0.2) is 5.43 Å². The predicted octanol–water partition coefficient (Wildman–Crippen LogP) is 7.41. The van der Waals surface area contributed by atoms with Gasteiger partial charge >= 0.3 is 0 Å². The number of nitrogens with zero attached hydrogens (tertiary/aromatic N) is 1. The van der Waals surface area contributed by atoms with Gasteiger partial charge in [0.05, 0.1) is 0 Å². The van der Waals surface area contributed by atoms with E-state index in [-0.39, 0.29) is 11.3 Å². The average Bonchev–Trinajstić information content (AvgIpc) is 2.88. The minimum atomic E-state index is -0.164. The molecule has 0 radical (unpaired) electrons.